The second-order valence-electron chi connectivity index (χ2n) is 4.76. The lowest BCUT2D eigenvalue weighted by atomic mass is 10.2. The van der Waals surface area contributed by atoms with Crippen molar-refractivity contribution in [2.24, 2.45) is 0 Å². The second-order valence-corrected chi connectivity index (χ2v) is 4.76. The van der Waals surface area contributed by atoms with Crippen LogP contribution in [0.2, 0.25) is 0 Å². The highest BCUT2D eigenvalue weighted by atomic mass is 16.6. The maximum atomic E-state index is 11.1. The van der Waals surface area contributed by atoms with Gasteiger partial charge in [0.15, 0.2) is 5.69 Å². The SMILES string of the molecule is CC1CN(c2nc(C(=O)O)ccc2[N+](=O)[O-])CC(C)O1. The number of carbonyl (C=O) groups is 1. The highest BCUT2D eigenvalue weighted by Gasteiger charge is 2.29. The Morgan fingerprint density at radius 2 is 2.05 bits per heavy atom. The van der Waals surface area contributed by atoms with E-state index in [1.165, 1.54) is 6.07 Å². The first-order valence-corrected chi connectivity index (χ1v) is 6.17. The van der Waals surface area contributed by atoms with E-state index in [-0.39, 0.29) is 29.4 Å². The number of hydrogen-bond acceptors (Lipinski definition) is 6. The van der Waals surface area contributed by atoms with Crippen molar-refractivity contribution < 1.29 is 19.6 Å². The predicted molar refractivity (Wildman–Crippen MR) is 70.1 cm³/mol. The molecule has 1 aliphatic rings. The number of ether oxygens (including phenoxy) is 1. The van der Waals surface area contributed by atoms with Crippen LogP contribution < -0.4 is 4.90 Å². The first-order chi connectivity index (χ1) is 9.38. The van der Waals surface area contributed by atoms with Crippen molar-refractivity contribution in [1.82, 2.24) is 4.98 Å². The first kappa shape index (κ1) is 14.2. The Bertz CT molecular complexity index is 538. The molecule has 8 nitrogen and oxygen atoms in total. The van der Waals surface area contributed by atoms with Gasteiger partial charge in [-0.1, -0.05) is 0 Å². The highest BCUT2D eigenvalue weighted by molar-refractivity contribution is 5.86. The van der Waals surface area contributed by atoms with Crippen LogP contribution in [-0.2, 0) is 4.74 Å². The van der Waals surface area contributed by atoms with Crippen LogP contribution in [0.25, 0.3) is 0 Å². The Morgan fingerprint density at radius 1 is 1.45 bits per heavy atom. The number of pyridine rings is 1. The molecule has 1 aromatic rings. The van der Waals surface area contributed by atoms with Crippen LogP contribution in [0.15, 0.2) is 12.1 Å². The highest BCUT2D eigenvalue weighted by Crippen LogP contribution is 2.28. The Hall–Kier alpha value is -2.22. The molecule has 0 amide bonds. The molecule has 2 atom stereocenters. The molecule has 0 aromatic carbocycles. The normalized spacial score (nSPS) is 22.6. The van der Waals surface area contributed by atoms with Crippen molar-refractivity contribution in [2.45, 2.75) is 26.1 Å². The van der Waals surface area contributed by atoms with Gasteiger partial charge < -0.3 is 14.7 Å². The van der Waals surface area contributed by atoms with Gasteiger partial charge in [-0.2, -0.15) is 0 Å². The van der Waals surface area contributed by atoms with E-state index in [9.17, 15) is 14.9 Å². The third kappa shape index (κ3) is 2.85. The number of morpholine rings is 1. The summed E-state index contributed by atoms with van der Waals surface area (Å²) in [4.78, 5) is 27.1. The van der Waals surface area contributed by atoms with E-state index in [1.807, 2.05) is 13.8 Å². The van der Waals surface area contributed by atoms with Gasteiger partial charge in [0.2, 0.25) is 5.82 Å². The molecular formula is C12H15N3O5. The Balaban J connectivity index is 2.43. The van der Waals surface area contributed by atoms with E-state index in [0.29, 0.717) is 13.1 Å². The molecule has 1 N–H and O–H groups in total. The summed E-state index contributed by atoms with van der Waals surface area (Å²) in [5.74, 6) is -1.13. The monoisotopic (exact) mass is 281 g/mol. The van der Waals surface area contributed by atoms with Crippen molar-refractivity contribution in [1.29, 1.82) is 0 Å². The maximum Gasteiger partial charge on any atom is 0.354 e. The number of anilines is 1. The first-order valence-electron chi connectivity index (χ1n) is 6.17. The van der Waals surface area contributed by atoms with Crippen LogP contribution in [0.5, 0.6) is 0 Å². The molecule has 20 heavy (non-hydrogen) atoms. The van der Waals surface area contributed by atoms with Crippen molar-refractivity contribution >= 4 is 17.5 Å². The number of nitro groups is 1. The molecule has 1 fully saturated rings. The molecule has 108 valence electrons. The third-order valence-corrected chi connectivity index (χ3v) is 2.99. The minimum atomic E-state index is -1.21. The average Bonchev–Trinajstić information content (AvgIpc) is 2.36. The molecule has 8 heteroatoms. The fourth-order valence-electron chi connectivity index (χ4n) is 2.29. The van der Waals surface area contributed by atoms with Crippen molar-refractivity contribution in [3.8, 4) is 0 Å². The van der Waals surface area contributed by atoms with Gasteiger partial charge in [-0.05, 0) is 19.9 Å². The number of hydrogen-bond donors (Lipinski definition) is 1. The lowest BCUT2D eigenvalue weighted by Crippen LogP contribution is -2.46. The van der Waals surface area contributed by atoms with E-state index in [0.717, 1.165) is 6.07 Å². The largest absolute Gasteiger partial charge is 0.477 e. The van der Waals surface area contributed by atoms with Crippen LogP contribution in [0.1, 0.15) is 24.3 Å². The van der Waals surface area contributed by atoms with Gasteiger partial charge in [0.1, 0.15) is 0 Å². The summed E-state index contributed by atoms with van der Waals surface area (Å²) in [6.07, 6.45) is -0.206. The molecule has 0 spiro atoms. The molecule has 2 unspecified atom stereocenters. The van der Waals surface area contributed by atoms with Crippen LogP contribution >= 0.6 is 0 Å². The van der Waals surface area contributed by atoms with Gasteiger partial charge in [0.25, 0.3) is 0 Å². The molecule has 2 heterocycles. The molecule has 0 saturated carbocycles. The molecule has 0 radical (unpaired) electrons. The summed E-state index contributed by atoms with van der Waals surface area (Å²) in [7, 11) is 0. The van der Waals surface area contributed by atoms with Gasteiger partial charge in [-0.25, -0.2) is 9.78 Å². The lowest BCUT2D eigenvalue weighted by Gasteiger charge is -2.35. The summed E-state index contributed by atoms with van der Waals surface area (Å²) in [6.45, 7) is 4.58. The van der Waals surface area contributed by atoms with Crippen LogP contribution in [-0.4, -0.2) is 46.3 Å². The number of aromatic nitrogens is 1. The number of aromatic carboxylic acids is 1. The molecular weight excluding hydrogens is 266 g/mol. The van der Waals surface area contributed by atoms with Crippen molar-refractivity contribution in [2.75, 3.05) is 18.0 Å². The number of carboxylic acids is 1. The number of carboxylic acid groups (broad SMARTS) is 1. The summed E-state index contributed by atoms with van der Waals surface area (Å²) < 4.78 is 5.56. The Morgan fingerprint density at radius 3 is 2.55 bits per heavy atom. The Kier molecular flexibility index (Phi) is 3.84. The summed E-state index contributed by atoms with van der Waals surface area (Å²) in [6, 6.07) is 2.31. The van der Waals surface area contributed by atoms with Gasteiger partial charge in [0, 0.05) is 19.2 Å². The minimum absolute atomic E-state index is 0.0805. The third-order valence-electron chi connectivity index (χ3n) is 2.99. The smallest absolute Gasteiger partial charge is 0.354 e. The molecule has 0 aliphatic carbocycles. The van der Waals surface area contributed by atoms with Gasteiger partial charge in [0.05, 0.1) is 17.1 Å². The zero-order chi connectivity index (χ0) is 14.9. The summed E-state index contributed by atoms with van der Waals surface area (Å²) in [5, 5.41) is 20.0. The molecule has 2 rings (SSSR count). The van der Waals surface area contributed by atoms with Crippen LogP contribution in [0, 0.1) is 10.1 Å². The fraction of sp³-hybridized carbons (Fsp3) is 0.500. The Labute approximate surface area is 115 Å². The van der Waals surface area contributed by atoms with E-state index < -0.39 is 10.9 Å². The number of rotatable bonds is 3. The maximum absolute atomic E-state index is 11.1. The van der Waals surface area contributed by atoms with Gasteiger partial charge in [-0.15, -0.1) is 0 Å². The minimum Gasteiger partial charge on any atom is -0.477 e. The zero-order valence-electron chi connectivity index (χ0n) is 11.1. The molecule has 0 bridgehead atoms. The molecule has 1 saturated heterocycles. The van der Waals surface area contributed by atoms with E-state index in [2.05, 4.69) is 4.98 Å². The number of nitrogens with zero attached hydrogens (tertiary/aromatic N) is 3. The lowest BCUT2D eigenvalue weighted by molar-refractivity contribution is -0.384. The van der Waals surface area contributed by atoms with Gasteiger partial charge in [-0.3, -0.25) is 10.1 Å². The van der Waals surface area contributed by atoms with Crippen molar-refractivity contribution in [3.05, 3.63) is 27.9 Å². The summed E-state index contributed by atoms with van der Waals surface area (Å²) in [5.41, 5.74) is -0.409. The predicted octanol–water partition coefficient (Wildman–Crippen LogP) is 1.30. The van der Waals surface area contributed by atoms with Gasteiger partial charge >= 0.3 is 11.7 Å². The van der Waals surface area contributed by atoms with Crippen LogP contribution in [0.3, 0.4) is 0 Å². The average molecular weight is 281 g/mol. The topological polar surface area (TPSA) is 106 Å². The standard InChI is InChI=1S/C12H15N3O5/c1-7-5-14(6-8(2)20-7)11-10(15(18)19)4-3-9(13-11)12(16)17/h3-4,7-8H,5-6H2,1-2H3,(H,16,17). The van der Waals surface area contributed by atoms with Crippen molar-refractivity contribution in [3.63, 3.8) is 0 Å². The van der Waals surface area contributed by atoms with E-state index >= 15 is 0 Å². The molecule has 1 aromatic heterocycles. The quantitative estimate of drug-likeness (QED) is 0.657. The van der Waals surface area contributed by atoms with E-state index in [4.69, 9.17) is 9.84 Å². The second kappa shape index (κ2) is 5.41. The summed E-state index contributed by atoms with van der Waals surface area (Å²) >= 11 is 0. The molecule has 1 aliphatic heterocycles. The zero-order valence-corrected chi connectivity index (χ0v) is 11.1. The van der Waals surface area contributed by atoms with E-state index in [1.54, 1.807) is 4.90 Å². The van der Waals surface area contributed by atoms with Crippen LogP contribution in [0.4, 0.5) is 11.5 Å². The fourth-order valence-corrected chi connectivity index (χ4v) is 2.29.